The van der Waals surface area contributed by atoms with E-state index in [1.807, 2.05) is 12.1 Å². The number of hydrogen-bond acceptors (Lipinski definition) is 3. The van der Waals surface area contributed by atoms with Crippen molar-refractivity contribution in [1.82, 2.24) is 5.32 Å². The van der Waals surface area contributed by atoms with Gasteiger partial charge in [-0.15, -0.1) is 0 Å². The quantitative estimate of drug-likeness (QED) is 0.901. The normalized spacial score (nSPS) is 22.8. The van der Waals surface area contributed by atoms with Gasteiger partial charge in [-0.3, -0.25) is 0 Å². The molecule has 2 atom stereocenters. The summed E-state index contributed by atoms with van der Waals surface area (Å²) in [6.45, 7) is 3.10. The number of nitriles is 1. The second kappa shape index (κ2) is 6.58. The van der Waals surface area contributed by atoms with Crippen molar-refractivity contribution in [2.45, 2.75) is 45.2 Å². The van der Waals surface area contributed by atoms with Gasteiger partial charge in [0.1, 0.15) is 5.75 Å². The van der Waals surface area contributed by atoms with Crippen molar-refractivity contribution in [2.24, 2.45) is 5.92 Å². The maximum Gasteiger partial charge on any atom is 0.123 e. The Kier molecular flexibility index (Phi) is 4.81. The van der Waals surface area contributed by atoms with Crippen molar-refractivity contribution in [3.63, 3.8) is 0 Å². The number of rotatable bonds is 4. The Morgan fingerprint density at radius 1 is 1.42 bits per heavy atom. The van der Waals surface area contributed by atoms with E-state index in [-0.39, 0.29) is 0 Å². The lowest BCUT2D eigenvalue weighted by Gasteiger charge is -2.27. The second-order valence-electron chi connectivity index (χ2n) is 5.49. The summed E-state index contributed by atoms with van der Waals surface area (Å²) in [6, 6.07) is 8.36. The lowest BCUT2D eigenvalue weighted by atomic mass is 9.87. The Labute approximate surface area is 115 Å². The highest BCUT2D eigenvalue weighted by Gasteiger charge is 2.18. The predicted octanol–water partition coefficient (Wildman–Crippen LogP) is 3.24. The molecule has 1 aromatic carbocycles. The summed E-state index contributed by atoms with van der Waals surface area (Å²) in [5.74, 6) is 1.67. The topological polar surface area (TPSA) is 45.0 Å². The number of hydrogen-bond donors (Lipinski definition) is 1. The highest BCUT2D eigenvalue weighted by Crippen LogP contribution is 2.25. The number of benzene rings is 1. The third kappa shape index (κ3) is 3.71. The molecule has 2 unspecified atom stereocenters. The molecule has 1 fully saturated rings. The van der Waals surface area contributed by atoms with Crippen molar-refractivity contribution in [3.05, 3.63) is 29.3 Å². The lowest BCUT2D eigenvalue weighted by Crippen LogP contribution is -2.33. The van der Waals surface area contributed by atoms with Gasteiger partial charge in [0.25, 0.3) is 0 Å². The molecule has 1 saturated carbocycles. The molecule has 0 spiro atoms. The van der Waals surface area contributed by atoms with E-state index in [4.69, 9.17) is 10.00 Å². The Morgan fingerprint density at radius 2 is 2.26 bits per heavy atom. The van der Waals surface area contributed by atoms with Crippen molar-refractivity contribution < 1.29 is 4.74 Å². The smallest absolute Gasteiger partial charge is 0.123 e. The maximum absolute atomic E-state index is 8.97. The Bertz CT molecular complexity index is 464. The molecule has 0 radical (unpaired) electrons. The molecule has 1 N–H and O–H groups in total. The number of nitrogens with one attached hydrogen (secondary N) is 1. The van der Waals surface area contributed by atoms with Gasteiger partial charge in [-0.2, -0.15) is 5.26 Å². The van der Waals surface area contributed by atoms with Gasteiger partial charge in [-0.1, -0.05) is 19.8 Å². The fourth-order valence-corrected chi connectivity index (χ4v) is 2.86. The van der Waals surface area contributed by atoms with Crippen LogP contribution in [0.2, 0.25) is 0 Å². The molecule has 3 heteroatoms. The molecule has 0 aromatic heterocycles. The molecule has 1 aromatic rings. The average Bonchev–Trinajstić information content (AvgIpc) is 2.45. The van der Waals surface area contributed by atoms with Gasteiger partial charge in [0, 0.05) is 18.2 Å². The molecule has 0 aliphatic heterocycles. The summed E-state index contributed by atoms with van der Waals surface area (Å²) in [4.78, 5) is 0. The minimum Gasteiger partial charge on any atom is -0.496 e. The molecule has 0 bridgehead atoms. The molecule has 1 aliphatic rings. The van der Waals surface area contributed by atoms with Gasteiger partial charge in [0.2, 0.25) is 0 Å². The van der Waals surface area contributed by atoms with Gasteiger partial charge in [0.05, 0.1) is 18.7 Å². The minimum absolute atomic E-state index is 0.596. The van der Waals surface area contributed by atoms with Gasteiger partial charge in [0.15, 0.2) is 0 Å². The SMILES string of the molecule is COc1ccc(C#N)cc1CNC1CCCC(C)C1. The van der Waals surface area contributed by atoms with E-state index in [0.29, 0.717) is 11.6 Å². The minimum atomic E-state index is 0.596. The summed E-state index contributed by atoms with van der Waals surface area (Å²) in [7, 11) is 1.67. The van der Waals surface area contributed by atoms with E-state index >= 15 is 0 Å². The third-order valence-corrected chi connectivity index (χ3v) is 3.93. The number of nitrogens with zero attached hydrogens (tertiary/aromatic N) is 1. The first-order valence-electron chi connectivity index (χ1n) is 7.03. The van der Waals surface area contributed by atoms with Gasteiger partial charge >= 0.3 is 0 Å². The van der Waals surface area contributed by atoms with Crippen LogP contribution in [-0.4, -0.2) is 13.2 Å². The van der Waals surface area contributed by atoms with Gasteiger partial charge in [-0.05, 0) is 37.0 Å². The largest absolute Gasteiger partial charge is 0.496 e. The zero-order valence-corrected chi connectivity index (χ0v) is 11.8. The van der Waals surface area contributed by atoms with Crippen molar-refractivity contribution in [2.75, 3.05) is 7.11 Å². The van der Waals surface area contributed by atoms with Crippen LogP contribution in [0.3, 0.4) is 0 Å². The van der Waals surface area contributed by atoms with E-state index in [1.54, 1.807) is 13.2 Å². The highest BCUT2D eigenvalue weighted by atomic mass is 16.5. The molecule has 3 nitrogen and oxygen atoms in total. The molecule has 0 heterocycles. The lowest BCUT2D eigenvalue weighted by molar-refractivity contribution is 0.299. The van der Waals surface area contributed by atoms with Crippen LogP contribution in [0.1, 0.15) is 43.7 Å². The third-order valence-electron chi connectivity index (χ3n) is 3.93. The average molecular weight is 258 g/mol. The molecule has 0 amide bonds. The van der Waals surface area contributed by atoms with Crippen LogP contribution < -0.4 is 10.1 Å². The van der Waals surface area contributed by atoms with Crippen LogP contribution >= 0.6 is 0 Å². The molecular weight excluding hydrogens is 236 g/mol. The first-order valence-corrected chi connectivity index (χ1v) is 7.03. The van der Waals surface area contributed by atoms with Crippen LogP contribution in [0.5, 0.6) is 5.75 Å². The Balaban J connectivity index is 2.00. The van der Waals surface area contributed by atoms with E-state index in [9.17, 15) is 0 Å². The summed E-state index contributed by atoms with van der Waals surface area (Å²) in [5.41, 5.74) is 1.76. The predicted molar refractivity (Wildman–Crippen MR) is 76.0 cm³/mol. The first kappa shape index (κ1) is 13.9. The fourth-order valence-electron chi connectivity index (χ4n) is 2.86. The van der Waals surface area contributed by atoms with Crippen molar-refractivity contribution >= 4 is 0 Å². The van der Waals surface area contributed by atoms with E-state index in [1.165, 1.54) is 25.7 Å². The zero-order chi connectivity index (χ0) is 13.7. The second-order valence-corrected chi connectivity index (χ2v) is 5.49. The Morgan fingerprint density at radius 3 is 2.95 bits per heavy atom. The van der Waals surface area contributed by atoms with Gasteiger partial charge in [-0.25, -0.2) is 0 Å². The van der Waals surface area contributed by atoms with E-state index in [0.717, 1.165) is 23.8 Å². The zero-order valence-electron chi connectivity index (χ0n) is 11.8. The summed E-state index contributed by atoms with van der Waals surface area (Å²) < 4.78 is 5.36. The molecule has 0 saturated heterocycles. The summed E-state index contributed by atoms with van der Waals surface area (Å²) >= 11 is 0. The first-order chi connectivity index (χ1) is 9.22. The van der Waals surface area contributed by atoms with Crippen LogP contribution in [0.4, 0.5) is 0 Å². The van der Waals surface area contributed by atoms with Crippen LogP contribution in [0, 0.1) is 17.2 Å². The molecule has 102 valence electrons. The van der Waals surface area contributed by atoms with Crippen molar-refractivity contribution in [3.8, 4) is 11.8 Å². The van der Waals surface area contributed by atoms with E-state index in [2.05, 4.69) is 18.3 Å². The monoisotopic (exact) mass is 258 g/mol. The maximum atomic E-state index is 8.97. The van der Waals surface area contributed by atoms with Crippen LogP contribution in [-0.2, 0) is 6.54 Å². The van der Waals surface area contributed by atoms with Gasteiger partial charge < -0.3 is 10.1 Å². The number of methoxy groups -OCH3 is 1. The standard InChI is InChI=1S/C16H22N2O/c1-12-4-3-5-15(8-12)18-11-14-9-13(10-17)6-7-16(14)19-2/h6-7,9,12,15,18H,3-5,8,11H2,1-2H3. The molecule has 2 rings (SSSR count). The summed E-state index contributed by atoms with van der Waals surface area (Å²) in [6.07, 6.45) is 5.17. The summed E-state index contributed by atoms with van der Waals surface area (Å²) in [5, 5.41) is 12.6. The van der Waals surface area contributed by atoms with Crippen LogP contribution in [0.15, 0.2) is 18.2 Å². The molecular formula is C16H22N2O. The Hall–Kier alpha value is -1.53. The van der Waals surface area contributed by atoms with Crippen molar-refractivity contribution in [1.29, 1.82) is 5.26 Å². The number of ether oxygens (including phenoxy) is 1. The molecule has 19 heavy (non-hydrogen) atoms. The van der Waals surface area contributed by atoms with Crippen LogP contribution in [0.25, 0.3) is 0 Å². The fraction of sp³-hybridized carbons (Fsp3) is 0.562. The van der Waals surface area contributed by atoms with E-state index < -0.39 is 0 Å². The molecule has 1 aliphatic carbocycles. The highest BCUT2D eigenvalue weighted by molar-refractivity contribution is 5.42.